The first-order valence-electron chi connectivity index (χ1n) is 6.83. The van der Waals surface area contributed by atoms with Crippen LogP contribution < -0.4 is 10.6 Å². The van der Waals surface area contributed by atoms with Crippen LogP contribution in [0.5, 0.6) is 0 Å². The van der Waals surface area contributed by atoms with Crippen LogP contribution in [-0.4, -0.2) is 17.4 Å². The number of pyridine rings is 1. The monoisotopic (exact) mass is 302 g/mol. The van der Waals surface area contributed by atoms with Crippen molar-refractivity contribution in [3.63, 3.8) is 0 Å². The van der Waals surface area contributed by atoms with E-state index in [9.17, 15) is 0 Å². The van der Waals surface area contributed by atoms with Gasteiger partial charge in [0.15, 0.2) is 0 Å². The van der Waals surface area contributed by atoms with E-state index in [4.69, 9.17) is 22.7 Å². The molecule has 21 heavy (non-hydrogen) atoms. The predicted molar refractivity (Wildman–Crippen MR) is 88.2 cm³/mol. The zero-order chi connectivity index (χ0) is 15.4. The highest BCUT2D eigenvalue weighted by molar-refractivity contribution is 6.34. The lowest BCUT2D eigenvalue weighted by atomic mass is 10.1. The molecule has 0 saturated carbocycles. The number of aromatic nitrogens is 1. The molecule has 2 aromatic rings. The van der Waals surface area contributed by atoms with Crippen LogP contribution in [0.3, 0.4) is 0 Å². The van der Waals surface area contributed by atoms with Crippen molar-refractivity contribution in [1.29, 1.82) is 5.41 Å². The fraction of sp³-hybridized carbons (Fsp3) is 0.250. The summed E-state index contributed by atoms with van der Waals surface area (Å²) in [4.78, 5) is 6.64. The maximum atomic E-state index is 7.75. The van der Waals surface area contributed by atoms with Gasteiger partial charge in [-0.15, -0.1) is 0 Å². The number of nitrogens with two attached hydrogens (primary N) is 1. The molecule has 1 aromatic heterocycles. The fourth-order valence-corrected chi connectivity index (χ4v) is 2.56. The lowest BCUT2D eigenvalue weighted by molar-refractivity contribution is 0.805. The molecule has 0 aliphatic heterocycles. The Morgan fingerprint density at radius 2 is 2.00 bits per heavy atom. The highest BCUT2D eigenvalue weighted by Gasteiger charge is 2.15. The molecular formula is C16H19ClN4. The van der Waals surface area contributed by atoms with Crippen molar-refractivity contribution in [3.05, 3.63) is 58.4 Å². The van der Waals surface area contributed by atoms with E-state index >= 15 is 0 Å². The summed E-state index contributed by atoms with van der Waals surface area (Å²) in [6.07, 6.45) is 0. The molecular weight excluding hydrogens is 284 g/mol. The topological polar surface area (TPSA) is 66.0 Å². The van der Waals surface area contributed by atoms with Crippen LogP contribution in [0.2, 0.25) is 5.02 Å². The van der Waals surface area contributed by atoms with Gasteiger partial charge in [-0.1, -0.05) is 23.7 Å². The number of benzene rings is 1. The lowest BCUT2D eigenvalue weighted by Gasteiger charge is -2.25. The van der Waals surface area contributed by atoms with Gasteiger partial charge in [0.2, 0.25) is 0 Å². The predicted octanol–water partition coefficient (Wildman–Crippen LogP) is 3.35. The Hall–Kier alpha value is -2.07. The maximum absolute atomic E-state index is 7.75. The van der Waals surface area contributed by atoms with Gasteiger partial charge in [0, 0.05) is 17.9 Å². The van der Waals surface area contributed by atoms with Crippen molar-refractivity contribution in [1.82, 2.24) is 4.98 Å². The molecule has 0 aliphatic carbocycles. The van der Waals surface area contributed by atoms with Gasteiger partial charge in [0.05, 0.1) is 22.8 Å². The molecule has 1 heterocycles. The maximum Gasteiger partial charge on any atom is 0.126 e. The molecule has 3 N–H and O–H groups in total. The Morgan fingerprint density at radius 1 is 1.29 bits per heavy atom. The minimum absolute atomic E-state index is 0.0220. The molecule has 5 heteroatoms. The third kappa shape index (κ3) is 3.52. The summed E-state index contributed by atoms with van der Waals surface area (Å²) in [7, 11) is 0. The van der Waals surface area contributed by atoms with E-state index in [1.807, 2.05) is 37.3 Å². The zero-order valence-electron chi connectivity index (χ0n) is 12.2. The van der Waals surface area contributed by atoms with Crippen LogP contribution >= 0.6 is 11.6 Å². The second-order valence-corrected chi connectivity index (χ2v) is 5.24. The molecule has 0 amide bonds. The molecule has 2 rings (SSSR count). The Kier molecular flexibility index (Phi) is 4.81. The summed E-state index contributed by atoms with van der Waals surface area (Å²) in [5.74, 6) is -0.0220. The van der Waals surface area contributed by atoms with E-state index in [-0.39, 0.29) is 5.84 Å². The number of halogens is 1. The number of rotatable bonds is 5. The van der Waals surface area contributed by atoms with Crippen LogP contribution in [0.1, 0.15) is 23.9 Å². The van der Waals surface area contributed by atoms with Crippen molar-refractivity contribution < 1.29 is 0 Å². The molecule has 4 nitrogen and oxygen atoms in total. The van der Waals surface area contributed by atoms with Gasteiger partial charge >= 0.3 is 0 Å². The second kappa shape index (κ2) is 6.59. The van der Waals surface area contributed by atoms with Crippen molar-refractivity contribution in [2.75, 3.05) is 11.4 Å². The molecule has 0 aliphatic rings. The normalized spacial score (nSPS) is 10.4. The number of hydrogen-bond acceptors (Lipinski definition) is 3. The number of hydrogen-bond donors (Lipinski definition) is 2. The number of nitrogens with zero attached hydrogens (tertiary/aromatic N) is 2. The third-order valence-electron chi connectivity index (χ3n) is 3.28. The van der Waals surface area contributed by atoms with Crippen LogP contribution in [0.25, 0.3) is 0 Å². The van der Waals surface area contributed by atoms with E-state index in [0.29, 0.717) is 17.1 Å². The first-order chi connectivity index (χ1) is 10.0. The molecule has 1 aromatic carbocycles. The fourth-order valence-electron chi connectivity index (χ4n) is 2.29. The van der Waals surface area contributed by atoms with Crippen molar-refractivity contribution in [2.24, 2.45) is 5.73 Å². The van der Waals surface area contributed by atoms with Gasteiger partial charge in [-0.25, -0.2) is 0 Å². The highest BCUT2D eigenvalue weighted by atomic mass is 35.5. The summed E-state index contributed by atoms with van der Waals surface area (Å²) < 4.78 is 0. The summed E-state index contributed by atoms with van der Waals surface area (Å²) in [6, 6.07) is 11.5. The largest absolute Gasteiger partial charge is 0.384 e. The van der Waals surface area contributed by atoms with E-state index in [1.54, 1.807) is 6.07 Å². The number of nitrogen functional groups attached to an aromatic ring is 1. The van der Waals surface area contributed by atoms with Crippen molar-refractivity contribution in [3.8, 4) is 0 Å². The highest BCUT2D eigenvalue weighted by Crippen LogP contribution is 2.28. The average molecular weight is 303 g/mol. The molecule has 0 saturated heterocycles. The van der Waals surface area contributed by atoms with Gasteiger partial charge in [0.1, 0.15) is 5.84 Å². The van der Waals surface area contributed by atoms with Crippen LogP contribution in [-0.2, 0) is 6.54 Å². The second-order valence-electron chi connectivity index (χ2n) is 4.83. The number of aryl methyl sites for hydroxylation is 1. The minimum atomic E-state index is -0.0220. The smallest absolute Gasteiger partial charge is 0.126 e. The molecule has 0 spiro atoms. The van der Waals surface area contributed by atoms with Crippen LogP contribution in [0.4, 0.5) is 5.69 Å². The van der Waals surface area contributed by atoms with E-state index < -0.39 is 0 Å². The van der Waals surface area contributed by atoms with Crippen molar-refractivity contribution in [2.45, 2.75) is 20.4 Å². The molecule has 0 unspecified atom stereocenters. The first-order valence-corrected chi connectivity index (χ1v) is 7.21. The van der Waals surface area contributed by atoms with Crippen LogP contribution in [0.15, 0.2) is 36.4 Å². The quantitative estimate of drug-likeness (QED) is 0.657. The summed E-state index contributed by atoms with van der Waals surface area (Å²) in [5.41, 5.74) is 9.09. The Labute approximate surface area is 130 Å². The molecule has 110 valence electrons. The number of anilines is 1. The molecule has 0 fully saturated rings. The third-order valence-corrected chi connectivity index (χ3v) is 3.60. The zero-order valence-corrected chi connectivity index (χ0v) is 13.0. The Balaban J connectivity index is 2.38. The number of amidine groups is 1. The van der Waals surface area contributed by atoms with Crippen LogP contribution in [0, 0.1) is 12.3 Å². The van der Waals surface area contributed by atoms with Gasteiger partial charge in [-0.05, 0) is 38.1 Å². The summed E-state index contributed by atoms with van der Waals surface area (Å²) >= 11 is 6.19. The standard InChI is InChI=1S/C16H19ClN4/c1-3-21(10-12-7-4-6-11(2)20-12)14-9-5-8-13(17)15(14)16(18)19/h4-9H,3,10H2,1-2H3,(H3,18,19). The van der Waals surface area contributed by atoms with Gasteiger partial charge in [-0.2, -0.15) is 0 Å². The molecule has 0 radical (unpaired) electrons. The summed E-state index contributed by atoms with van der Waals surface area (Å²) in [6.45, 7) is 5.45. The Bertz CT molecular complexity index is 654. The van der Waals surface area contributed by atoms with Crippen molar-refractivity contribution >= 4 is 23.1 Å². The van der Waals surface area contributed by atoms with E-state index in [0.717, 1.165) is 23.6 Å². The van der Waals surface area contributed by atoms with Gasteiger partial charge < -0.3 is 10.6 Å². The van der Waals surface area contributed by atoms with E-state index in [2.05, 4.69) is 16.8 Å². The Morgan fingerprint density at radius 3 is 2.62 bits per heavy atom. The van der Waals surface area contributed by atoms with Gasteiger partial charge in [-0.3, -0.25) is 10.4 Å². The first kappa shape index (κ1) is 15.3. The minimum Gasteiger partial charge on any atom is -0.384 e. The summed E-state index contributed by atoms with van der Waals surface area (Å²) in [5, 5.41) is 8.25. The molecule has 0 atom stereocenters. The lowest BCUT2D eigenvalue weighted by Crippen LogP contribution is -2.26. The van der Waals surface area contributed by atoms with Gasteiger partial charge in [0.25, 0.3) is 0 Å². The van der Waals surface area contributed by atoms with E-state index in [1.165, 1.54) is 0 Å². The average Bonchev–Trinajstić information content (AvgIpc) is 2.44. The SMILES string of the molecule is CCN(Cc1cccc(C)n1)c1cccc(Cl)c1C(=N)N. The number of nitrogens with one attached hydrogen (secondary N) is 1. The molecule has 0 bridgehead atoms.